The molecule has 1 aliphatic rings. The Balaban J connectivity index is 1.64. The van der Waals surface area contributed by atoms with E-state index in [-0.39, 0.29) is 11.9 Å². The molecule has 0 saturated heterocycles. The van der Waals surface area contributed by atoms with Gasteiger partial charge >= 0.3 is 6.03 Å². The van der Waals surface area contributed by atoms with Gasteiger partial charge in [-0.2, -0.15) is 0 Å². The van der Waals surface area contributed by atoms with Crippen molar-refractivity contribution in [2.45, 2.75) is 62.8 Å². The summed E-state index contributed by atoms with van der Waals surface area (Å²) < 4.78 is 0. The first-order valence-corrected chi connectivity index (χ1v) is 9.97. The minimum absolute atomic E-state index is 0.193. The van der Waals surface area contributed by atoms with Gasteiger partial charge in [0, 0.05) is 11.4 Å². The number of aromatic nitrogens is 1. The molecule has 5 nitrogen and oxygen atoms in total. The summed E-state index contributed by atoms with van der Waals surface area (Å²) in [4.78, 5) is 29.0. The first kappa shape index (κ1) is 18.7. The highest BCUT2D eigenvalue weighted by Crippen LogP contribution is 2.28. The van der Waals surface area contributed by atoms with Gasteiger partial charge in [0.25, 0.3) is 0 Å². The Labute approximate surface area is 158 Å². The summed E-state index contributed by atoms with van der Waals surface area (Å²) in [5.41, 5.74) is 3.20. The van der Waals surface area contributed by atoms with Crippen LogP contribution in [-0.4, -0.2) is 28.2 Å². The molecule has 2 aromatic rings. The highest BCUT2D eigenvalue weighted by atomic mass is 32.2. The molecule has 3 amide bonds. The fourth-order valence-corrected chi connectivity index (χ4v) is 4.25. The summed E-state index contributed by atoms with van der Waals surface area (Å²) in [7, 11) is 0. The number of hydrogen-bond donors (Lipinski definition) is 2. The molecule has 1 heterocycles. The zero-order valence-corrected chi connectivity index (χ0v) is 16.3. The number of imide groups is 1. The molecule has 6 heteroatoms. The molecular weight excluding hydrogens is 346 g/mol. The minimum Gasteiger partial charge on any atom is -0.335 e. The molecule has 1 aliphatic carbocycles. The van der Waals surface area contributed by atoms with Crippen LogP contribution < -0.4 is 10.6 Å². The zero-order valence-electron chi connectivity index (χ0n) is 15.5. The number of nitrogens with zero attached hydrogens (tertiary/aromatic N) is 1. The molecule has 138 valence electrons. The number of thioether (sulfide) groups is 1. The van der Waals surface area contributed by atoms with E-state index in [2.05, 4.69) is 16.7 Å². The lowest BCUT2D eigenvalue weighted by Crippen LogP contribution is -2.45. The van der Waals surface area contributed by atoms with Gasteiger partial charge in [-0.05, 0) is 50.8 Å². The van der Waals surface area contributed by atoms with Gasteiger partial charge in [0.15, 0.2) is 0 Å². The van der Waals surface area contributed by atoms with Gasteiger partial charge in [0.05, 0.1) is 15.8 Å². The van der Waals surface area contributed by atoms with E-state index in [0.29, 0.717) is 0 Å². The number of urea groups is 1. The van der Waals surface area contributed by atoms with Gasteiger partial charge < -0.3 is 5.32 Å². The predicted molar refractivity (Wildman–Crippen MR) is 105 cm³/mol. The van der Waals surface area contributed by atoms with Crippen LogP contribution >= 0.6 is 11.8 Å². The van der Waals surface area contributed by atoms with Gasteiger partial charge in [-0.3, -0.25) is 10.1 Å². The Bertz CT molecular complexity index is 831. The molecule has 26 heavy (non-hydrogen) atoms. The van der Waals surface area contributed by atoms with Gasteiger partial charge in [0.2, 0.25) is 5.91 Å². The first-order valence-electron chi connectivity index (χ1n) is 9.09. The predicted octanol–water partition coefficient (Wildman–Crippen LogP) is 4.10. The largest absolute Gasteiger partial charge is 0.335 e. The van der Waals surface area contributed by atoms with Gasteiger partial charge in [-0.1, -0.05) is 42.8 Å². The SMILES string of the molecule is Cc1cc(S[C@H](C)C(=O)NC(=O)NC2CCCC2)nc2c(C)cccc12. The maximum absolute atomic E-state index is 12.3. The number of fused-ring (bicyclic) bond motifs is 1. The number of nitrogens with one attached hydrogen (secondary N) is 2. The van der Waals surface area contributed by atoms with Crippen molar-refractivity contribution in [1.82, 2.24) is 15.6 Å². The van der Waals surface area contributed by atoms with Crippen molar-refractivity contribution in [3.05, 3.63) is 35.4 Å². The summed E-state index contributed by atoms with van der Waals surface area (Å²) in [5, 5.41) is 6.84. The number of benzene rings is 1. The third kappa shape index (κ3) is 4.36. The Kier molecular flexibility index (Phi) is 5.81. The number of amides is 3. The summed E-state index contributed by atoms with van der Waals surface area (Å²) in [6.07, 6.45) is 4.26. The van der Waals surface area contributed by atoms with Crippen LogP contribution in [0.5, 0.6) is 0 Å². The third-order valence-electron chi connectivity index (χ3n) is 4.82. The number of para-hydroxylation sites is 1. The van der Waals surface area contributed by atoms with E-state index in [4.69, 9.17) is 4.98 Å². The summed E-state index contributed by atoms with van der Waals surface area (Å²) in [5.74, 6) is -0.296. The Hall–Kier alpha value is -2.08. The molecule has 0 aliphatic heterocycles. The monoisotopic (exact) mass is 371 g/mol. The molecule has 0 spiro atoms. The molecule has 0 radical (unpaired) electrons. The van der Waals surface area contributed by atoms with Crippen molar-refractivity contribution in [2.24, 2.45) is 0 Å². The maximum atomic E-state index is 12.3. The van der Waals surface area contributed by atoms with E-state index >= 15 is 0 Å². The van der Waals surface area contributed by atoms with Gasteiger partial charge in [-0.15, -0.1) is 0 Å². The van der Waals surface area contributed by atoms with Crippen molar-refractivity contribution < 1.29 is 9.59 Å². The quantitative estimate of drug-likeness (QED) is 0.794. The van der Waals surface area contributed by atoms with Crippen molar-refractivity contribution in [1.29, 1.82) is 0 Å². The number of hydrogen-bond acceptors (Lipinski definition) is 4. The number of rotatable bonds is 4. The highest BCUT2D eigenvalue weighted by Gasteiger charge is 2.21. The van der Waals surface area contributed by atoms with Crippen molar-refractivity contribution >= 4 is 34.6 Å². The second kappa shape index (κ2) is 8.08. The van der Waals surface area contributed by atoms with Crippen LogP contribution in [-0.2, 0) is 4.79 Å². The van der Waals surface area contributed by atoms with Crippen LogP contribution in [0.2, 0.25) is 0 Å². The Morgan fingerprint density at radius 3 is 2.65 bits per heavy atom. The molecule has 0 bridgehead atoms. The zero-order chi connectivity index (χ0) is 18.7. The maximum Gasteiger partial charge on any atom is 0.321 e. The lowest BCUT2D eigenvalue weighted by molar-refractivity contribution is -0.119. The summed E-state index contributed by atoms with van der Waals surface area (Å²) in [6.45, 7) is 5.88. The molecule has 1 aromatic carbocycles. The average molecular weight is 372 g/mol. The van der Waals surface area contributed by atoms with E-state index in [0.717, 1.165) is 52.7 Å². The number of pyridine rings is 1. The third-order valence-corrected chi connectivity index (χ3v) is 5.84. The fraction of sp³-hybridized carbons (Fsp3) is 0.450. The lowest BCUT2D eigenvalue weighted by atomic mass is 10.1. The topological polar surface area (TPSA) is 71.1 Å². The summed E-state index contributed by atoms with van der Waals surface area (Å²) in [6, 6.07) is 7.91. The van der Waals surface area contributed by atoms with E-state index in [1.54, 1.807) is 6.92 Å². The minimum atomic E-state index is -0.405. The van der Waals surface area contributed by atoms with Crippen LogP contribution in [0, 0.1) is 13.8 Å². The van der Waals surface area contributed by atoms with Crippen molar-refractivity contribution in [3.8, 4) is 0 Å². The lowest BCUT2D eigenvalue weighted by Gasteiger charge is -2.15. The fourth-order valence-electron chi connectivity index (χ4n) is 3.33. The Morgan fingerprint density at radius 2 is 1.92 bits per heavy atom. The van der Waals surface area contributed by atoms with Gasteiger partial charge in [0.1, 0.15) is 0 Å². The van der Waals surface area contributed by atoms with Crippen LogP contribution in [0.1, 0.15) is 43.7 Å². The summed E-state index contributed by atoms with van der Waals surface area (Å²) >= 11 is 1.37. The smallest absolute Gasteiger partial charge is 0.321 e. The van der Waals surface area contributed by atoms with Crippen molar-refractivity contribution in [2.75, 3.05) is 0 Å². The van der Waals surface area contributed by atoms with E-state index < -0.39 is 11.3 Å². The van der Waals surface area contributed by atoms with Crippen LogP contribution in [0.15, 0.2) is 29.3 Å². The second-order valence-corrected chi connectivity index (χ2v) is 8.31. The number of carbonyl (C=O) groups excluding carboxylic acids is 2. The van der Waals surface area contributed by atoms with Crippen molar-refractivity contribution in [3.63, 3.8) is 0 Å². The van der Waals surface area contributed by atoms with Crippen LogP contribution in [0.3, 0.4) is 0 Å². The van der Waals surface area contributed by atoms with E-state index in [1.165, 1.54) is 11.8 Å². The molecule has 1 saturated carbocycles. The molecule has 0 unspecified atom stereocenters. The highest BCUT2D eigenvalue weighted by molar-refractivity contribution is 8.00. The second-order valence-electron chi connectivity index (χ2n) is 6.95. The molecule has 3 rings (SSSR count). The number of aryl methyl sites for hydroxylation is 2. The molecule has 1 atom stereocenters. The normalized spacial score (nSPS) is 15.8. The standard InChI is InChI=1S/C20H25N3O2S/c1-12-7-6-10-16-13(2)11-17(22-18(12)16)26-14(3)19(24)23-20(25)21-15-8-4-5-9-15/h6-7,10-11,14-15H,4-5,8-9H2,1-3H3,(H2,21,23,24,25)/t14-/m1/s1. The molecule has 2 N–H and O–H groups in total. The average Bonchev–Trinajstić information content (AvgIpc) is 3.08. The van der Waals surface area contributed by atoms with E-state index in [9.17, 15) is 9.59 Å². The first-order chi connectivity index (χ1) is 12.4. The van der Waals surface area contributed by atoms with Gasteiger partial charge in [-0.25, -0.2) is 9.78 Å². The molecule has 1 fully saturated rings. The Morgan fingerprint density at radius 1 is 1.19 bits per heavy atom. The van der Waals surface area contributed by atoms with Crippen LogP contribution in [0.25, 0.3) is 10.9 Å². The number of carbonyl (C=O) groups is 2. The van der Waals surface area contributed by atoms with Crippen LogP contribution in [0.4, 0.5) is 4.79 Å². The molecule has 1 aromatic heterocycles. The van der Waals surface area contributed by atoms with E-state index in [1.807, 2.05) is 32.0 Å². The molecular formula is C20H25N3O2S.